The smallest absolute Gasteiger partial charge is 0.416 e. The summed E-state index contributed by atoms with van der Waals surface area (Å²) in [5.41, 5.74) is -0.966. The van der Waals surface area contributed by atoms with E-state index in [2.05, 4.69) is 5.32 Å². The predicted octanol–water partition coefficient (Wildman–Crippen LogP) is 4.38. The number of methoxy groups -OCH3 is 1. The molecule has 2 aromatic rings. The lowest BCUT2D eigenvalue weighted by Crippen LogP contribution is -2.44. The van der Waals surface area contributed by atoms with Gasteiger partial charge in [-0.05, 0) is 43.2 Å². The van der Waals surface area contributed by atoms with Crippen molar-refractivity contribution in [1.29, 1.82) is 0 Å². The molecule has 7 nitrogen and oxygen atoms in total. The molecule has 0 aliphatic carbocycles. The number of halogens is 3. The number of hydrogen-bond acceptors (Lipinski definition) is 5. The lowest BCUT2D eigenvalue weighted by molar-refractivity contribution is -0.138. The maximum absolute atomic E-state index is 13.2. The van der Waals surface area contributed by atoms with Gasteiger partial charge in [0, 0.05) is 20.2 Å². The SMILES string of the molecule is COCCOc1ccc(C(F)(F)F)cc1NC(=O)C1CCCN(C(=O)CCOc2ccccc2)C1. The molecule has 3 rings (SSSR count). The molecular weight excluding hydrogens is 465 g/mol. The molecule has 0 bridgehead atoms. The van der Waals surface area contributed by atoms with Crippen molar-refractivity contribution in [2.45, 2.75) is 25.4 Å². The number of nitrogens with zero attached hydrogens (tertiary/aromatic N) is 1. The molecular formula is C25H29F3N2O5. The molecule has 10 heteroatoms. The maximum atomic E-state index is 13.2. The van der Waals surface area contributed by atoms with Crippen LogP contribution in [-0.4, -0.2) is 56.7 Å². The van der Waals surface area contributed by atoms with Crippen molar-refractivity contribution in [3.05, 3.63) is 54.1 Å². The van der Waals surface area contributed by atoms with Crippen LogP contribution in [0.4, 0.5) is 18.9 Å². The lowest BCUT2D eigenvalue weighted by Gasteiger charge is -2.32. The van der Waals surface area contributed by atoms with Crippen molar-refractivity contribution >= 4 is 17.5 Å². The van der Waals surface area contributed by atoms with Gasteiger partial charge in [0.05, 0.1) is 36.8 Å². The highest BCUT2D eigenvalue weighted by Crippen LogP contribution is 2.35. The third kappa shape index (κ3) is 7.88. The minimum absolute atomic E-state index is 0.0689. The minimum Gasteiger partial charge on any atom is -0.493 e. The van der Waals surface area contributed by atoms with Crippen LogP contribution in [-0.2, 0) is 20.5 Å². The van der Waals surface area contributed by atoms with Gasteiger partial charge in [0.2, 0.25) is 11.8 Å². The molecule has 190 valence electrons. The van der Waals surface area contributed by atoms with Crippen LogP contribution in [0.25, 0.3) is 0 Å². The Morgan fingerprint density at radius 2 is 1.83 bits per heavy atom. The van der Waals surface area contributed by atoms with Crippen molar-refractivity contribution in [1.82, 2.24) is 4.90 Å². The average molecular weight is 495 g/mol. The van der Waals surface area contributed by atoms with Crippen LogP contribution in [0.15, 0.2) is 48.5 Å². The largest absolute Gasteiger partial charge is 0.493 e. The fourth-order valence-electron chi connectivity index (χ4n) is 3.75. The number of para-hydroxylation sites is 1. The molecule has 0 radical (unpaired) electrons. The van der Waals surface area contributed by atoms with E-state index in [0.29, 0.717) is 25.1 Å². The van der Waals surface area contributed by atoms with Gasteiger partial charge < -0.3 is 24.4 Å². The van der Waals surface area contributed by atoms with Crippen LogP contribution in [0, 0.1) is 5.92 Å². The van der Waals surface area contributed by atoms with Gasteiger partial charge in [0.25, 0.3) is 0 Å². The van der Waals surface area contributed by atoms with E-state index >= 15 is 0 Å². The summed E-state index contributed by atoms with van der Waals surface area (Å²) >= 11 is 0. The van der Waals surface area contributed by atoms with E-state index in [1.165, 1.54) is 13.2 Å². The summed E-state index contributed by atoms with van der Waals surface area (Å²) in [6, 6.07) is 12.1. The Labute approximate surface area is 202 Å². The van der Waals surface area contributed by atoms with E-state index < -0.39 is 23.6 Å². The molecule has 1 fully saturated rings. The van der Waals surface area contributed by atoms with Gasteiger partial charge >= 0.3 is 6.18 Å². The molecule has 1 aliphatic rings. The molecule has 1 N–H and O–H groups in total. The summed E-state index contributed by atoms with van der Waals surface area (Å²) in [6.45, 7) is 1.27. The summed E-state index contributed by atoms with van der Waals surface area (Å²) in [7, 11) is 1.47. The third-order valence-electron chi connectivity index (χ3n) is 5.58. The number of rotatable bonds is 10. The number of likely N-dealkylation sites (tertiary alicyclic amines) is 1. The van der Waals surface area contributed by atoms with Gasteiger partial charge in [-0.2, -0.15) is 13.2 Å². The first-order valence-electron chi connectivity index (χ1n) is 11.4. The lowest BCUT2D eigenvalue weighted by atomic mass is 9.96. The van der Waals surface area contributed by atoms with Crippen LogP contribution in [0.1, 0.15) is 24.8 Å². The molecule has 1 heterocycles. The third-order valence-corrected chi connectivity index (χ3v) is 5.58. The second kappa shape index (κ2) is 12.4. The first kappa shape index (κ1) is 26.3. The zero-order valence-corrected chi connectivity index (χ0v) is 19.5. The first-order chi connectivity index (χ1) is 16.8. The molecule has 2 amide bonds. The van der Waals surface area contributed by atoms with Crippen LogP contribution in [0.2, 0.25) is 0 Å². The van der Waals surface area contributed by atoms with Gasteiger partial charge in [-0.25, -0.2) is 0 Å². The molecule has 1 saturated heterocycles. The second-order valence-corrected chi connectivity index (χ2v) is 8.13. The highest BCUT2D eigenvalue weighted by atomic mass is 19.4. The normalized spacial score (nSPS) is 16.0. The Hall–Kier alpha value is -3.27. The number of carbonyl (C=O) groups is 2. The van der Waals surface area contributed by atoms with E-state index in [0.717, 1.165) is 12.1 Å². The van der Waals surface area contributed by atoms with Crippen LogP contribution >= 0.6 is 0 Å². The summed E-state index contributed by atoms with van der Waals surface area (Å²) in [4.78, 5) is 27.2. The standard InChI is InChI=1S/C25H29F3N2O5/c1-33-14-15-35-22-10-9-19(25(26,27)28)16-21(22)29-24(32)18-6-5-12-30(17-18)23(31)11-13-34-20-7-3-2-4-8-20/h2-4,7-10,16,18H,5-6,11-15,17H2,1H3,(H,29,32). The molecule has 1 unspecified atom stereocenters. The molecule has 1 aliphatic heterocycles. The molecule has 2 aromatic carbocycles. The van der Waals surface area contributed by atoms with E-state index in [1.807, 2.05) is 18.2 Å². The van der Waals surface area contributed by atoms with Crippen molar-refractivity contribution in [2.75, 3.05) is 45.3 Å². The zero-order valence-electron chi connectivity index (χ0n) is 19.5. The molecule has 1 atom stereocenters. The number of carbonyl (C=O) groups excluding carboxylic acids is 2. The molecule has 0 saturated carbocycles. The fraction of sp³-hybridized carbons (Fsp3) is 0.440. The minimum atomic E-state index is -4.57. The fourth-order valence-corrected chi connectivity index (χ4v) is 3.75. The van der Waals surface area contributed by atoms with Crippen molar-refractivity contribution in [3.8, 4) is 11.5 Å². The second-order valence-electron chi connectivity index (χ2n) is 8.13. The number of amides is 2. The van der Waals surface area contributed by atoms with Gasteiger partial charge in [-0.15, -0.1) is 0 Å². The Bertz CT molecular complexity index is 985. The number of hydrogen-bond donors (Lipinski definition) is 1. The number of alkyl halides is 3. The summed E-state index contributed by atoms with van der Waals surface area (Å²) in [6.07, 6.45) is -3.27. The molecule has 0 spiro atoms. The van der Waals surface area contributed by atoms with Crippen molar-refractivity contribution in [3.63, 3.8) is 0 Å². The first-order valence-corrected chi connectivity index (χ1v) is 11.4. The highest BCUT2D eigenvalue weighted by Gasteiger charge is 2.33. The highest BCUT2D eigenvalue weighted by molar-refractivity contribution is 5.94. The van der Waals surface area contributed by atoms with Crippen LogP contribution < -0.4 is 14.8 Å². The van der Waals surface area contributed by atoms with Gasteiger partial charge in [-0.1, -0.05) is 18.2 Å². The Morgan fingerprint density at radius 3 is 2.54 bits per heavy atom. The number of ether oxygens (including phenoxy) is 3. The Balaban J connectivity index is 1.60. The predicted molar refractivity (Wildman–Crippen MR) is 123 cm³/mol. The number of benzene rings is 2. The summed E-state index contributed by atoms with van der Waals surface area (Å²) < 4.78 is 55.6. The molecule has 0 aromatic heterocycles. The van der Waals surface area contributed by atoms with Gasteiger partial charge in [0.1, 0.15) is 18.1 Å². The van der Waals surface area contributed by atoms with Crippen molar-refractivity contribution < 1.29 is 37.0 Å². The van der Waals surface area contributed by atoms with E-state index in [1.54, 1.807) is 17.0 Å². The van der Waals surface area contributed by atoms with Gasteiger partial charge in [0.15, 0.2) is 0 Å². The molecule has 35 heavy (non-hydrogen) atoms. The number of piperidine rings is 1. The van der Waals surface area contributed by atoms with Crippen LogP contribution in [0.3, 0.4) is 0 Å². The average Bonchev–Trinajstić information content (AvgIpc) is 2.85. The maximum Gasteiger partial charge on any atom is 0.416 e. The Morgan fingerprint density at radius 1 is 1.06 bits per heavy atom. The zero-order chi connectivity index (χ0) is 25.3. The topological polar surface area (TPSA) is 77.1 Å². The summed E-state index contributed by atoms with van der Waals surface area (Å²) in [5, 5.41) is 2.58. The van der Waals surface area contributed by atoms with Crippen molar-refractivity contribution in [2.24, 2.45) is 5.92 Å². The number of anilines is 1. The quantitative estimate of drug-likeness (QED) is 0.496. The van der Waals surface area contributed by atoms with Gasteiger partial charge in [-0.3, -0.25) is 9.59 Å². The number of nitrogens with one attached hydrogen (secondary N) is 1. The summed E-state index contributed by atoms with van der Waals surface area (Å²) in [5.74, 6) is -0.366. The van der Waals surface area contributed by atoms with E-state index in [9.17, 15) is 22.8 Å². The van der Waals surface area contributed by atoms with E-state index in [-0.39, 0.29) is 50.1 Å². The monoisotopic (exact) mass is 494 g/mol. The van der Waals surface area contributed by atoms with E-state index in [4.69, 9.17) is 14.2 Å². The Kier molecular flexibility index (Phi) is 9.36. The van der Waals surface area contributed by atoms with Crippen LogP contribution in [0.5, 0.6) is 11.5 Å².